The average molecular weight is 302 g/mol. The quantitative estimate of drug-likeness (QED) is 0.802. The molecule has 2 nitrogen and oxygen atoms in total. The van der Waals surface area contributed by atoms with Gasteiger partial charge in [0.2, 0.25) is 0 Å². The van der Waals surface area contributed by atoms with E-state index in [-0.39, 0.29) is 5.82 Å². The van der Waals surface area contributed by atoms with E-state index in [0.29, 0.717) is 5.11 Å². The number of thiocarbonyl (C=S) groups is 1. The van der Waals surface area contributed by atoms with Gasteiger partial charge in [0.05, 0.1) is 0 Å². The van der Waals surface area contributed by atoms with Crippen LogP contribution in [0.15, 0.2) is 54.6 Å². The third-order valence-corrected chi connectivity index (χ3v) is 3.44. The minimum atomic E-state index is -0.204. The van der Waals surface area contributed by atoms with Crippen molar-refractivity contribution >= 4 is 17.3 Å². The summed E-state index contributed by atoms with van der Waals surface area (Å²) in [6, 6.07) is 16.8. The molecule has 0 saturated heterocycles. The highest BCUT2D eigenvalue weighted by atomic mass is 32.1. The van der Waals surface area contributed by atoms with E-state index in [2.05, 4.69) is 22.8 Å². The first-order valence-electron chi connectivity index (χ1n) is 7.04. The van der Waals surface area contributed by atoms with E-state index < -0.39 is 0 Å². The van der Waals surface area contributed by atoms with Gasteiger partial charge in [-0.3, -0.25) is 0 Å². The Kier molecular flexibility index (Phi) is 6.16. The fourth-order valence-corrected chi connectivity index (χ4v) is 2.20. The Morgan fingerprint density at radius 3 is 1.90 bits per heavy atom. The summed E-state index contributed by atoms with van der Waals surface area (Å²) in [5.74, 6) is -0.204. The van der Waals surface area contributed by atoms with Crippen molar-refractivity contribution < 1.29 is 4.39 Å². The summed E-state index contributed by atoms with van der Waals surface area (Å²) >= 11 is 5.22. The first-order chi connectivity index (χ1) is 10.2. The molecule has 0 saturated carbocycles. The van der Waals surface area contributed by atoms with E-state index in [1.54, 1.807) is 12.1 Å². The number of hydrogen-bond donors (Lipinski definition) is 2. The number of hydrogen-bond acceptors (Lipinski definition) is 1. The van der Waals surface area contributed by atoms with Crippen molar-refractivity contribution in [3.63, 3.8) is 0 Å². The number of nitrogens with one attached hydrogen (secondary N) is 2. The molecule has 0 aliphatic carbocycles. The Bertz CT molecular complexity index is 555. The molecule has 0 fully saturated rings. The summed E-state index contributed by atoms with van der Waals surface area (Å²) in [6.45, 7) is 1.55. The minimum Gasteiger partial charge on any atom is -0.362 e. The molecular formula is C17H19FN2S. The van der Waals surface area contributed by atoms with E-state index in [1.807, 2.05) is 18.2 Å². The molecule has 2 rings (SSSR count). The Morgan fingerprint density at radius 2 is 1.33 bits per heavy atom. The maximum absolute atomic E-state index is 12.8. The second-order valence-electron chi connectivity index (χ2n) is 4.79. The monoisotopic (exact) mass is 302 g/mol. The number of rotatable bonds is 6. The van der Waals surface area contributed by atoms with Gasteiger partial charge in [0.1, 0.15) is 5.82 Å². The maximum atomic E-state index is 12.8. The zero-order chi connectivity index (χ0) is 14.9. The van der Waals surface area contributed by atoms with Crippen LogP contribution in [0.1, 0.15) is 11.1 Å². The fourth-order valence-electron chi connectivity index (χ4n) is 2.00. The summed E-state index contributed by atoms with van der Waals surface area (Å²) in [5.41, 5.74) is 2.38. The first kappa shape index (κ1) is 15.4. The Balaban J connectivity index is 1.60. The normalized spacial score (nSPS) is 10.1. The van der Waals surface area contributed by atoms with Gasteiger partial charge in [-0.25, -0.2) is 4.39 Å². The van der Waals surface area contributed by atoms with Crippen LogP contribution >= 0.6 is 12.2 Å². The third kappa shape index (κ3) is 5.92. The molecule has 21 heavy (non-hydrogen) atoms. The summed E-state index contributed by atoms with van der Waals surface area (Å²) in [5, 5.41) is 7.01. The van der Waals surface area contributed by atoms with Gasteiger partial charge in [-0.1, -0.05) is 42.5 Å². The molecular weight excluding hydrogens is 283 g/mol. The first-order valence-corrected chi connectivity index (χ1v) is 7.45. The SMILES string of the molecule is Fc1ccc(CCNC(=S)NCCc2ccccc2)cc1. The highest BCUT2D eigenvalue weighted by molar-refractivity contribution is 7.80. The molecule has 0 aliphatic rings. The molecule has 0 bridgehead atoms. The van der Waals surface area contributed by atoms with E-state index in [9.17, 15) is 4.39 Å². The van der Waals surface area contributed by atoms with Crippen molar-refractivity contribution in [2.45, 2.75) is 12.8 Å². The van der Waals surface area contributed by atoms with Gasteiger partial charge in [0.15, 0.2) is 5.11 Å². The highest BCUT2D eigenvalue weighted by Crippen LogP contribution is 2.02. The lowest BCUT2D eigenvalue weighted by atomic mass is 10.1. The predicted molar refractivity (Wildman–Crippen MR) is 88.9 cm³/mol. The lowest BCUT2D eigenvalue weighted by molar-refractivity contribution is 0.627. The third-order valence-electron chi connectivity index (χ3n) is 3.15. The molecule has 4 heteroatoms. The average Bonchev–Trinajstić information content (AvgIpc) is 2.50. The van der Waals surface area contributed by atoms with E-state index in [1.165, 1.54) is 17.7 Å². The second-order valence-corrected chi connectivity index (χ2v) is 5.20. The van der Waals surface area contributed by atoms with Gasteiger partial charge in [0.25, 0.3) is 0 Å². The molecule has 2 aromatic rings. The van der Waals surface area contributed by atoms with Crippen LogP contribution in [0.3, 0.4) is 0 Å². The minimum absolute atomic E-state index is 0.204. The molecule has 0 unspecified atom stereocenters. The molecule has 110 valence electrons. The van der Waals surface area contributed by atoms with Crippen LogP contribution < -0.4 is 10.6 Å². The molecule has 0 amide bonds. The zero-order valence-corrected chi connectivity index (χ0v) is 12.6. The van der Waals surface area contributed by atoms with Gasteiger partial charge in [-0.05, 0) is 48.3 Å². The molecule has 0 spiro atoms. The summed E-state index contributed by atoms with van der Waals surface area (Å²) < 4.78 is 12.8. The maximum Gasteiger partial charge on any atom is 0.166 e. The van der Waals surface area contributed by atoms with E-state index in [4.69, 9.17) is 12.2 Å². The summed E-state index contributed by atoms with van der Waals surface area (Å²) in [4.78, 5) is 0. The van der Waals surface area contributed by atoms with Crippen LogP contribution in [0.25, 0.3) is 0 Å². The summed E-state index contributed by atoms with van der Waals surface area (Å²) in [7, 11) is 0. The lowest BCUT2D eigenvalue weighted by Crippen LogP contribution is -2.37. The van der Waals surface area contributed by atoms with Crippen molar-refractivity contribution in [2.75, 3.05) is 13.1 Å². The van der Waals surface area contributed by atoms with Crippen LogP contribution in [0.2, 0.25) is 0 Å². The van der Waals surface area contributed by atoms with Crippen LogP contribution in [-0.2, 0) is 12.8 Å². The second kappa shape index (κ2) is 8.37. The number of halogens is 1. The molecule has 0 atom stereocenters. The standard InChI is InChI=1S/C17H19FN2S/c18-16-8-6-15(7-9-16)11-13-20-17(21)19-12-10-14-4-2-1-3-5-14/h1-9H,10-13H2,(H2,19,20,21). The van der Waals surface area contributed by atoms with Gasteiger partial charge >= 0.3 is 0 Å². The molecule has 0 heterocycles. The molecule has 2 N–H and O–H groups in total. The van der Waals surface area contributed by atoms with Crippen molar-refractivity contribution in [2.24, 2.45) is 0 Å². The van der Waals surface area contributed by atoms with Gasteiger partial charge in [-0.15, -0.1) is 0 Å². The highest BCUT2D eigenvalue weighted by Gasteiger charge is 1.97. The molecule has 0 aliphatic heterocycles. The largest absolute Gasteiger partial charge is 0.362 e. The van der Waals surface area contributed by atoms with Gasteiger partial charge in [0, 0.05) is 13.1 Å². The van der Waals surface area contributed by atoms with Crippen molar-refractivity contribution in [1.29, 1.82) is 0 Å². The van der Waals surface area contributed by atoms with Gasteiger partial charge in [-0.2, -0.15) is 0 Å². The van der Waals surface area contributed by atoms with Crippen LogP contribution in [-0.4, -0.2) is 18.2 Å². The zero-order valence-electron chi connectivity index (χ0n) is 11.8. The molecule has 2 aromatic carbocycles. The molecule has 0 aromatic heterocycles. The smallest absolute Gasteiger partial charge is 0.166 e. The van der Waals surface area contributed by atoms with Gasteiger partial charge < -0.3 is 10.6 Å². The Labute approximate surface area is 130 Å². The van der Waals surface area contributed by atoms with Crippen LogP contribution in [0.5, 0.6) is 0 Å². The van der Waals surface area contributed by atoms with Crippen LogP contribution in [0.4, 0.5) is 4.39 Å². The molecule has 0 radical (unpaired) electrons. The summed E-state index contributed by atoms with van der Waals surface area (Å²) in [6.07, 6.45) is 1.77. The Hall–Kier alpha value is -1.94. The number of benzene rings is 2. The van der Waals surface area contributed by atoms with E-state index >= 15 is 0 Å². The predicted octanol–water partition coefficient (Wildman–Crippen LogP) is 3.08. The van der Waals surface area contributed by atoms with Crippen molar-refractivity contribution in [3.05, 3.63) is 71.5 Å². The topological polar surface area (TPSA) is 24.1 Å². The lowest BCUT2D eigenvalue weighted by Gasteiger charge is -2.10. The fraction of sp³-hybridized carbons (Fsp3) is 0.235. The van der Waals surface area contributed by atoms with Crippen LogP contribution in [0, 0.1) is 5.82 Å². The van der Waals surface area contributed by atoms with Crippen molar-refractivity contribution in [3.8, 4) is 0 Å². The van der Waals surface area contributed by atoms with Crippen molar-refractivity contribution in [1.82, 2.24) is 10.6 Å². The van der Waals surface area contributed by atoms with E-state index in [0.717, 1.165) is 31.5 Å². The Morgan fingerprint density at radius 1 is 0.810 bits per heavy atom.